The maximum Gasteiger partial charge on any atom is 0.231 e. The first-order chi connectivity index (χ1) is 11.3. The molecule has 0 aliphatic carbocycles. The van der Waals surface area contributed by atoms with E-state index in [0.717, 1.165) is 41.7 Å². The van der Waals surface area contributed by atoms with Gasteiger partial charge in [-0.25, -0.2) is 0 Å². The van der Waals surface area contributed by atoms with Gasteiger partial charge in [-0.1, -0.05) is 6.07 Å². The van der Waals surface area contributed by atoms with Crippen molar-refractivity contribution in [2.75, 3.05) is 32.9 Å². The van der Waals surface area contributed by atoms with E-state index in [0.29, 0.717) is 12.7 Å². The molecule has 5 nitrogen and oxygen atoms in total. The van der Waals surface area contributed by atoms with Gasteiger partial charge in [0.2, 0.25) is 6.79 Å². The van der Waals surface area contributed by atoms with Crippen LogP contribution < -0.4 is 24.3 Å². The van der Waals surface area contributed by atoms with E-state index in [1.165, 1.54) is 11.1 Å². The Morgan fingerprint density at radius 1 is 1.00 bits per heavy atom. The minimum atomic E-state index is 0.307. The monoisotopic (exact) mass is 313 g/mol. The van der Waals surface area contributed by atoms with Gasteiger partial charge in [-0.05, 0) is 35.7 Å². The number of ether oxygens (including phenoxy) is 4. The average molecular weight is 313 g/mol. The van der Waals surface area contributed by atoms with E-state index in [1.54, 1.807) is 14.2 Å². The Morgan fingerprint density at radius 2 is 1.78 bits per heavy atom. The normalized spacial score (nSPS) is 18.1. The van der Waals surface area contributed by atoms with Crippen LogP contribution in [0.3, 0.4) is 0 Å². The summed E-state index contributed by atoms with van der Waals surface area (Å²) in [4.78, 5) is 0. The van der Waals surface area contributed by atoms with Crippen LogP contribution in [0, 0.1) is 0 Å². The van der Waals surface area contributed by atoms with E-state index in [-0.39, 0.29) is 0 Å². The van der Waals surface area contributed by atoms with E-state index in [4.69, 9.17) is 18.9 Å². The van der Waals surface area contributed by atoms with Crippen molar-refractivity contribution in [2.45, 2.75) is 12.3 Å². The molecule has 2 aromatic carbocycles. The van der Waals surface area contributed by atoms with Crippen LogP contribution in [0.2, 0.25) is 0 Å². The van der Waals surface area contributed by atoms with Crippen LogP contribution in [0.1, 0.15) is 17.0 Å². The largest absolute Gasteiger partial charge is 0.493 e. The summed E-state index contributed by atoms with van der Waals surface area (Å²) >= 11 is 0. The Kier molecular flexibility index (Phi) is 3.41. The standard InChI is InChI=1S/C18H19NO4/c1-20-16-7-12-5-13(9-19-14(12)8-17(16)21-2)11-3-4-15-18(6-11)23-10-22-15/h3-4,6-8,13,19H,5,9-10H2,1-2H3. The second-order valence-electron chi connectivity index (χ2n) is 5.76. The van der Waals surface area contributed by atoms with Crippen molar-refractivity contribution in [1.82, 2.24) is 0 Å². The third-order valence-electron chi connectivity index (χ3n) is 4.48. The molecule has 0 bridgehead atoms. The quantitative estimate of drug-likeness (QED) is 0.943. The molecule has 0 saturated carbocycles. The smallest absolute Gasteiger partial charge is 0.231 e. The lowest BCUT2D eigenvalue weighted by molar-refractivity contribution is 0.174. The molecule has 23 heavy (non-hydrogen) atoms. The molecule has 2 aromatic rings. The van der Waals surface area contributed by atoms with Crippen molar-refractivity contribution < 1.29 is 18.9 Å². The second-order valence-corrected chi connectivity index (χ2v) is 5.76. The second kappa shape index (κ2) is 5.57. The maximum atomic E-state index is 5.49. The van der Waals surface area contributed by atoms with Gasteiger partial charge >= 0.3 is 0 Å². The predicted molar refractivity (Wildman–Crippen MR) is 87.0 cm³/mol. The van der Waals surface area contributed by atoms with Crippen LogP contribution >= 0.6 is 0 Å². The van der Waals surface area contributed by atoms with Crippen LogP contribution in [0.5, 0.6) is 23.0 Å². The molecule has 4 rings (SSSR count). The van der Waals surface area contributed by atoms with E-state index < -0.39 is 0 Å². The minimum absolute atomic E-state index is 0.307. The van der Waals surface area contributed by atoms with Crippen molar-refractivity contribution in [3.63, 3.8) is 0 Å². The molecule has 1 unspecified atom stereocenters. The van der Waals surface area contributed by atoms with Gasteiger partial charge in [0, 0.05) is 24.2 Å². The molecule has 1 atom stereocenters. The Bertz CT molecular complexity index is 744. The number of fused-ring (bicyclic) bond motifs is 2. The highest BCUT2D eigenvalue weighted by molar-refractivity contribution is 5.63. The zero-order valence-electron chi connectivity index (χ0n) is 13.2. The third-order valence-corrected chi connectivity index (χ3v) is 4.48. The summed E-state index contributed by atoms with van der Waals surface area (Å²) in [6.07, 6.45) is 0.947. The minimum Gasteiger partial charge on any atom is -0.493 e. The number of hydrogen-bond donors (Lipinski definition) is 1. The molecule has 0 spiro atoms. The highest BCUT2D eigenvalue weighted by atomic mass is 16.7. The number of methoxy groups -OCH3 is 2. The fourth-order valence-electron chi connectivity index (χ4n) is 3.23. The highest BCUT2D eigenvalue weighted by Crippen LogP contribution is 2.40. The molecule has 0 fully saturated rings. The van der Waals surface area contributed by atoms with E-state index >= 15 is 0 Å². The summed E-state index contributed by atoms with van der Waals surface area (Å²) in [5, 5.41) is 3.50. The summed E-state index contributed by atoms with van der Waals surface area (Å²) in [5.41, 5.74) is 3.60. The lowest BCUT2D eigenvalue weighted by atomic mass is 9.88. The molecule has 0 radical (unpaired) electrons. The van der Waals surface area contributed by atoms with Gasteiger partial charge in [-0.2, -0.15) is 0 Å². The first kappa shape index (κ1) is 14.1. The van der Waals surface area contributed by atoms with Crippen molar-refractivity contribution in [2.24, 2.45) is 0 Å². The molecular weight excluding hydrogens is 294 g/mol. The fourth-order valence-corrected chi connectivity index (χ4v) is 3.23. The number of hydrogen-bond acceptors (Lipinski definition) is 5. The molecule has 2 aliphatic heterocycles. The summed E-state index contributed by atoms with van der Waals surface area (Å²) in [7, 11) is 3.32. The first-order valence-corrected chi connectivity index (χ1v) is 7.67. The van der Waals surface area contributed by atoms with Gasteiger partial charge < -0.3 is 24.3 Å². The Labute approximate surface area is 135 Å². The van der Waals surface area contributed by atoms with Gasteiger partial charge in [0.25, 0.3) is 0 Å². The summed E-state index contributed by atoms with van der Waals surface area (Å²) < 4.78 is 21.7. The molecule has 120 valence electrons. The molecule has 0 amide bonds. The molecule has 0 saturated heterocycles. The zero-order chi connectivity index (χ0) is 15.8. The van der Waals surface area contributed by atoms with E-state index in [1.807, 2.05) is 12.1 Å². The fraction of sp³-hybridized carbons (Fsp3) is 0.333. The van der Waals surface area contributed by atoms with Crippen molar-refractivity contribution in [3.05, 3.63) is 41.5 Å². The lowest BCUT2D eigenvalue weighted by Crippen LogP contribution is -2.21. The highest BCUT2D eigenvalue weighted by Gasteiger charge is 2.24. The lowest BCUT2D eigenvalue weighted by Gasteiger charge is -2.27. The SMILES string of the molecule is COc1cc2c(cc1OC)NCC(c1ccc3c(c1)OCO3)C2. The first-order valence-electron chi connectivity index (χ1n) is 7.67. The van der Waals surface area contributed by atoms with Crippen LogP contribution in [-0.2, 0) is 6.42 Å². The summed E-state index contributed by atoms with van der Waals surface area (Å²) in [5.74, 6) is 3.56. The van der Waals surface area contributed by atoms with Crippen molar-refractivity contribution in [1.29, 1.82) is 0 Å². The predicted octanol–water partition coefficient (Wildman–Crippen LogP) is 3.18. The molecule has 0 aromatic heterocycles. The van der Waals surface area contributed by atoms with Crippen LogP contribution in [0.25, 0.3) is 0 Å². The summed E-state index contributed by atoms with van der Waals surface area (Å²) in [6, 6.07) is 10.2. The van der Waals surface area contributed by atoms with Crippen LogP contribution in [0.15, 0.2) is 30.3 Å². The number of benzene rings is 2. The van der Waals surface area contributed by atoms with Gasteiger partial charge in [-0.3, -0.25) is 0 Å². The third kappa shape index (κ3) is 2.42. The van der Waals surface area contributed by atoms with Gasteiger partial charge in [-0.15, -0.1) is 0 Å². The Morgan fingerprint density at radius 3 is 2.61 bits per heavy atom. The van der Waals surface area contributed by atoms with E-state index in [2.05, 4.69) is 23.5 Å². The molecule has 2 heterocycles. The Balaban J connectivity index is 1.63. The topological polar surface area (TPSA) is 49.0 Å². The Hall–Kier alpha value is -2.56. The van der Waals surface area contributed by atoms with Crippen molar-refractivity contribution in [3.8, 4) is 23.0 Å². The van der Waals surface area contributed by atoms with Gasteiger partial charge in [0.1, 0.15) is 0 Å². The zero-order valence-corrected chi connectivity index (χ0v) is 13.2. The van der Waals surface area contributed by atoms with Crippen LogP contribution in [-0.4, -0.2) is 27.6 Å². The average Bonchev–Trinajstić information content (AvgIpc) is 3.07. The van der Waals surface area contributed by atoms with E-state index in [9.17, 15) is 0 Å². The number of anilines is 1. The number of nitrogens with one attached hydrogen (secondary N) is 1. The summed E-state index contributed by atoms with van der Waals surface area (Å²) in [6.45, 7) is 1.18. The maximum absolute atomic E-state index is 5.49. The van der Waals surface area contributed by atoms with Gasteiger partial charge in [0.15, 0.2) is 23.0 Å². The molecule has 2 aliphatic rings. The molecule has 5 heteroatoms. The van der Waals surface area contributed by atoms with Crippen molar-refractivity contribution >= 4 is 5.69 Å². The van der Waals surface area contributed by atoms with Crippen LogP contribution in [0.4, 0.5) is 5.69 Å². The number of rotatable bonds is 3. The molecule has 1 N–H and O–H groups in total. The molecular formula is C18H19NO4. The van der Waals surface area contributed by atoms with Gasteiger partial charge in [0.05, 0.1) is 14.2 Å².